The Morgan fingerprint density at radius 3 is 2.25 bits per heavy atom. The van der Waals surface area contributed by atoms with Gasteiger partial charge in [-0.25, -0.2) is 0 Å². The van der Waals surface area contributed by atoms with Crippen LogP contribution < -0.4 is 15.0 Å². The molecular formula is C25H25N3O3S. The van der Waals surface area contributed by atoms with Crippen LogP contribution in [0.2, 0.25) is 0 Å². The zero-order chi connectivity index (χ0) is 22.3. The fourth-order valence-corrected chi connectivity index (χ4v) is 4.56. The van der Waals surface area contributed by atoms with Crippen LogP contribution in [0.25, 0.3) is 0 Å². The third-order valence-electron chi connectivity index (χ3n) is 5.29. The molecule has 1 heterocycles. The minimum Gasteiger partial charge on any atom is -0.495 e. The molecule has 0 spiro atoms. The van der Waals surface area contributed by atoms with Crippen molar-refractivity contribution in [3.8, 4) is 5.75 Å². The van der Waals surface area contributed by atoms with Gasteiger partial charge in [-0.2, -0.15) is 0 Å². The molecule has 1 N–H and O–H groups in total. The third kappa shape index (κ3) is 5.06. The van der Waals surface area contributed by atoms with E-state index >= 15 is 0 Å². The van der Waals surface area contributed by atoms with E-state index in [0.29, 0.717) is 31.9 Å². The molecule has 0 bridgehead atoms. The smallest absolute Gasteiger partial charge is 0.313 e. The van der Waals surface area contributed by atoms with Crippen molar-refractivity contribution >= 4 is 35.0 Å². The quantitative estimate of drug-likeness (QED) is 0.596. The maximum Gasteiger partial charge on any atom is 0.313 e. The molecule has 1 saturated heterocycles. The van der Waals surface area contributed by atoms with Crippen LogP contribution in [-0.4, -0.2) is 50.0 Å². The lowest BCUT2D eigenvalue weighted by molar-refractivity contribution is -0.143. The van der Waals surface area contributed by atoms with Gasteiger partial charge in [-0.05, 0) is 36.4 Å². The SMILES string of the molecule is COc1ccccc1N1CCN(C(=O)C(=O)Nc2ccccc2Sc2ccccc2)CC1. The maximum atomic E-state index is 12.8. The van der Waals surface area contributed by atoms with E-state index in [1.165, 1.54) is 0 Å². The Hall–Kier alpha value is -3.45. The Kier molecular flexibility index (Phi) is 6.97. The molecule has 4 rings (SSSR count). The van der Waals surface area contributed by atoms with E-state index in [4.69, 9.17) is 4.74 Å². The normalized spacial score (nSPS) is 13.5. The van der Waals surface area contributed by atoms with Crippen LogP contribution in [0.5, 0.6) is 5.75 Å². The highest BCUT2D eigenvalue weighted by atomic mass is 32.2. The summed E-state index contributed by atoms with van der Waals surface area (Å²) in [6.07, 6.45) is 0. The minimum atomic E-state index is -0.614. The second-order valence-corrected chi connectivity index (χ2v) is 8.43. The van der Waals surface area contributed by atoms with Crippen molar-refractivity contribution in [3.63, 3.8) is 0 Å². The number of piperazine rings is 1. The van der Waals surface area contributed by atoms with E-state index in [2.05, 4.69) is 10.2 Å². The number of nitrogens with one attached hydrogen (secondary N) is 1. The van der Waals surface area contributed by atoms with E-state index in [0.717, 1.165) is 21.2 Å². The van der Waals surface area contributed by atoms with Crippen LogP contribution in [0.15, 0.2) is 88.7 Å². The number of carbonyl (C=O) groups excluding carboxylic acids is 2. The number of rotatable bonds is 5. The fourth-order valence-electron chi connectivity index (χ4n) is 3.64. The summed E-state index contributed by atoms with van der Waals surface area (Å²) in [5.41, 5.74) is 1.63. The van der Waals surface area contributed by atoms with Crippen molar-refractivity contribution in [1.29, 1.82) is 0 Å². The second kappa shape index (κ2) is 10.2. The molecule has 3 aromatic rings. The Balaban J connectivity index is 1.38. The van der Waals surface area contributed by atoms with Crippen molar-refractivity contribution in [1.82, 2.24) is 4.90 Å². The van der Waals surface area contributed by atoms with Gasteiger partial charge in [0.1, 0.15) is 5.75 Å². The van der Waals surface area contributed by atoms with Crippen molar-refractivity contribution in [2.45, 2.75) is 9.79 Å². The standard InChI is InChI=1S/C25H25N3O3S/c1-31-22-13-7-6-12-21(22)27-15-17-28(18-16-27)25(30)24(29)26-20-11-5-8-14-23(20)32-19-9-3-2-4-10-19/h2-14H,15-18H2,1H3,(H,26,29). The number of hydrogen-bond donors (Lipinski definition) is 1. The second-order valence-electron chi connectivity index (χ2n) is 7.32. The first-order valence-electron chi connectivity index (χ1n) is 10.5. The Morgan fingerprint density at radius 1 is 0.844 bits per heavy atom. The van der Waals surface area contributed by atoms with E-state index < -0.39 is 11.8 Å². The van der Waals surface area contributed by atoms with Gasteiger partial charge in [-0.15, -0.1) is 0 Å². The Bertz CT molecular complexity index is 1080. The van der Waals surface area contributed by atoms with Gasteiger partial charge in [0, 0.05) is 36.0 Å². The summed E-state index contributed by atoms with van der Waals surface area (Å²) in [6, 6.07) is 25.3. The molecule has 0 atom stereocenters. The molecule has 0 aliphatic carbocycles. The molecular weight excluding hydrogens is 422 g/mol. The average molecular weight is 448 g/mol. The number of para-hydroxylation sites is 3. The summed E-state index contributed by atoms with van der Waals surface area (Å²) in [4.78, 5) is 31.3. The van der Waals surface area contributed by atoms with Crippen LogP contribution in [0.1, 0.15) is 0 Å². The summed E-state index contributed by atoms with van der Waals surface area (Å²) in [5.74, 6) is -0.321. The molecule has 164 valence electrons. The van der Waals surface area contributed by atoms with Crippen molar-refractivity contribution < 1.29 is 14.3 Å². The number of anilines is 2. The third-order valence-corrected chi connectivity index (χ3v) is 6.38. The van der Waals surface area contributed by atoms with Gasteiger partial charge >= 0.3 is 11.8 Å². The molecule has 2 amide bonds. The first-order valence-corrected chi connectivity index (χ1v) is 11.3. The highest BCUT2D eigenvalue weighted by Crippen LogP contribution is 2.33. The summed E-state index contributed by atoms with van der Waals surface area (Å²) in [7, 11) is 1.65. The van der Waals surface area contributed by atoms with Gasteiger partial charge in [0.15, 0.2) is 0 Å². The summed E-state index contributed by atoms with van der Waals surface area (Å²) in [5, 5.41) is 2.80. The van der Waals surface area contributed by atoms with Crippen LogP contribution in [0.4, 0.5) is 11.4 Å². The number of hydrogen-bond acceptors (Lipinski definition) is 5. The molecule has 1 aliphatic rings. The first-order chi connectivity index (χ1) is 15.7. The zero-order valence-corrected chi connectivity index (χ0v) is 18.7. The molecule has 6 nitrogen and oxygen atoms in total. The lowest BCUT2D eigenvalue weighted by Crippen LogP contribution is -2.51. The van der Waals surface area contributed by atoms with E-state index in [1.54, 1.807) is 23.8 Å². The number of amides is 2. The number of carbonyl (C=O) groups is 2. The molecule has 1 fully saturated rings. The lowest BCUT2D eigenvalue weighted by Gasteiger charge is -2.36. The maximum absolute atomic E-state index is 12.8. The molecule has 0 aromatic heterocycles. The lowest BCUT2D eigenvalue weighted by atomic mass is 10.2. The molecule has 0 unspecified atom stereocenters. The van der Waals surface area contributed by atoms with Crippen LogP contribution in [0, 0.1) is 0 Å². The van der Waals surface area contributed by atoms with Gasteiger partial charge < -0.3 is 19.9 Å². The fraction of sp³-hybridized carbons (Fsp3) is 0.200. The first kappa shape index (κ1) is 21.8. The topological polar surface area (TPSA) is 61.9 Å². The number of ether oxygens (including phenoxy) is 1. The Labute approximate surface area is 192 Å². The van der Waals surface area contributed by atoms with E-state index in [-0.39, 0.29) is 0 Å². The highest BCUT2D eigenvalue weighted by molar-refractivity contribution is 7.99. The minimum absolute atomic E-state index is 0.477. The monoisotopic (exact) mass is 447 g/mol. The molecule has 3 aromatic carbocycles. The summed E-state index contributed by atoms with van der Waals surface area (Å²) in [6.45, 7) is 2.23. The van der Waals surface area contributed by atoms with Gasteiger partial charge in [0.2, 0.25) is 0 Å². The number of nitrogens with zero attached hydrogens (tertiary/aromatic N) is 2. The summed E-state index contributed by atoms with van der Waals surface area (Å²) >= 11 is 1.55. The molecule has 32 heavy (non-hydrogen) atoms. The Morgan fingerprint density at radius 2 is 1.50 bits per heavy atom. The number of methoxy groups -OCH3 is 1. The van der Waals surface area contributed by atoms with Crippen molar-refractivity contribution in [2.75, 3.05) is 43.5 Å². The van der Waals surface area contributed by atoms with Crippen molar-refractivity contribution in [3.05, 3.63) is 78.9 Å². The average Bonchev–Trinajstić information content (AvgIpc) is 2.85. The molecule has 7 heteroatoms. The highest BCUT2D eigenvalue weighted by Gasteiger charge is 2.27. The van der Waals surface area contributed by atoms with Gasteiger partial charge in [-0.3, -0.25) is 9.59 Å². The molecule has 0 radical (unpaired) electrons. The van der Waals surface area contributed by atoms with E-state index in [9.17, 15) is 9.59 Å². The van der Waals surface area contributed by atoms with Crippen LogP contribution in [0.3, 0.4) is 0 Å². The largest absolute Gasteiger partial charge is 0.495 e. The van der Waals surface area contributed by atoms with Gasteiger partial charge in [-0.1, -0.05) is 54.2 Å². The van der Waals surface area contributed by atoms with Crippen LogP contribution >= 0.6 is 11.8 Å². The molecule has 0 saturated carbocycles. The predicted molar refractivity (Wildman–Crippen MR) is 127 cm³/mol. The molecule has 1 aliphatic heterocycles. The number of benzene rings is 3. The van der Waals surface area contributed by atoms with E-state index in [1.807, 2.05) is 78.9 Å². The van der Waals surface area contributed by atoms with Crippen molar-refractivity contribution in [2.24, 2.45) is 0 Å². The zero-order valence-electron chi connectivity index (χ0n) is 17.9. The predicted octanol–water partition coefficient (Wildman–Crippen LogP) is 4.13. The summed E-state index contributed by atoms with van der Waals surface area (Å²) < 4.78 is 5.44. The van der Waals surface area contributed by atoms with Gasteiger partial charge in [0.25, 0.3) is 0 Å². The van der Waals surface area contributed by atoms with Gasteiger partial charge in [0.05, 0.1) is 18.5 Å². The van der Waals surface area contributed by atoms with Crippen LogP contribution in [-0.2, 0) is 9.59 Å².